The van der Waals surface area contributed by atoms with Crippen LogP contribution in [0, 0.1) is 0 Å². The van der Waals surface area contributed by atoms with Crippen molar-refractivity contribution in [3.63, 3.8) is 0 Å². The predicted octanol–water partition coefficient (Wildman–Crippen LogP) is 1.66. The van der Waals surface area contributed by atoms with Gasteiger partial charge in [-0.25, -0.2) is 9.18 Å². The Morgan fingerprint density at radius 2 is 2.21 bits per heavy atom. The Hall–Kier alpha value is -1.58. The molecule has 0 saturated heterocycles. The molecule has 0 fully saturated rings. The van der Waals surface area contributed by atoms with E-state index in [-0.39, 0.29) is 6.42 Å². The van der Waals surface area contributed by atoms with E-state index in [4.69, 9.17) is 9.84 Å². The highest BCUT2D eigenvalue weighted by atomic mass is 19.1. The number of hydrogen-bond donors (Lipinski definition) is 1. The Morgan fingerprint density at radius 1 is 1.57 bits per heavy atom. The van der Waals surface area contributed by atoms with E-state index in [0.29, 0.717) is 11.3 Å². The fourth-order valence-corrected chi connectivity index (χ4v) is 1.15. The minimum absolute atomic E-state index is 0.167. The highest BCUT2D eigenvalue weighted by Gasteiger charge is 2.17. The predicted molar refractivity (Wildman–Crippen MR) is 49.2 cm³/mol. The molecule has 1 unspecified atom stereocenters. The molecule has 1 atom stereocenters. The summed E-state index contributed by atoms with van der Waals surface area (Å²) in [7, 11) is 1.47. The number of halogens is 1. The maximum absolute atomic E-state index is 12.9. The van der Waals surface area contributed by atoms with Crippen LogP contribution in [0.5, 0.6) is 5.75 Å². The summed E-state index contributed by atoms with van der Waals surface area (Å²) in [5.74, 6) is -0.938. The van der Waals surface area contributed by atoms with Crippen LogP contribution in [-0.4, -0.2) is 24.4 Å². The van der Waals surface area contributed by atoms with Gasteiger partial charge in [0.15, 0.2) is 0 Å². The van der Waals surface area contributed by atoms with Crippen LogP contribution >= 0.6 is 0 Å². The fraction of sp³-hybridized carbons (Fsp3) is 0.300. The number of alkyl halides is 1. The average molecular weight is 198 g/mol. The van der Waals surface area contributed by atoms with Crippen LogP contribution in [0.1, 0.15) is 5.56 Å². The molecule has 0 heterocycles. The molecule has 3 nitrogen and oxygen atoms in total. The van der Waals surface area contributed by atoms with Crippen LogP contribution in [0.25, 0.3) is 0 Å². The maximum atomic E-state index is 12.9. The molecule has 0 radical (unpaired) electrons. The zero-order chi connectivity index (χ0) is 10.6. The van der Waals surface area contributed by atoms with Crippen molar-refractivity contribution in [1.82, 2.24) is 0 Å². The summed E-state index contributed by atoms with van der Waals surface area (Å²) >= 11 is 0. The van der Waals surface area contributed by atoms with Gasteiger partial charge in [-0.05, 0) is 11.6 Å². The van der Waals surface area contributed by atoms with Crippen LogP contribution in [0.3, 0.4) is 0 Å². The monoisotopic (exact) mass is 198 g/mol. The average Bonchev–Trinajstić information content (AvgIpc) is 2.18. The van der Waals surface area contributed by atoms with E-state index in [0.717, 1.165) is 0 Å². The number of carbonyl (C=O) groups is 1. The van der Waals surface area contributed by atoms with Crippen molar-refractivity contribution in [2.24, 2.45) is 0 Å². The Bertz CT molecular complexity index is 325. The Labute approximate surface area is 81.1 Å². The first-order chi connectivity index (χ1) is 6.65. The third kappa shape index (κ3) is 2.45. The lowest BCUT2D eigenvalue weighted by Crippen LogP contribution is -2.17. The quantitative estimate of drug-likeness (QED) is 0.800. The van der Waals surface area contributed by atoms with E-state index < -0.39 is 12.1 Å². The third-order valence-corrected chi connectivity index (χ3v) is 1.86. The standard InChI is InChI=1S/C10H11FO3/c1-14-9-5-3-2-4-7(9)6-8(11)10(12)13/h2-5,8H,6H2,1H3,(H,12,13). The van der Waals surface area contributed by atoms with Gasteiger partial charge in [-0.15, -0.1) is 0 Å². The smallest absolute Gasteiger partial charge is 0.338 e. The Kier molecular flexibility index (Phi) is 3.45. The first-order valence-electron chi connectivity index (χ1n) is 4.14. The first kappa shape index (κ1) is 10.5. The summed E-state index contributed by atoms with van der Waals surface area (Å²) in [6, 6.07) is 6.78. The number of ether oxygens (including phenoxy) is 1. The number of hydrogen-bond acceptors (Lipinski definition) is 2. The molecule has 14 heavy (non-hydrogen) atoms. The molecule has 0 aromatic heterocycles. The number of para-hydroxylation sites is 1. The lowest BCUT2D eigenvalue weighted by molar-refractivity contribution is -0.142. The van der Waals surface area contributed by atoms with Crippen LogP contribution in [0.15, 0.2) is 24.3 Å². The number of carboxylic acid groups (broad SMARTS) is 1. The molecule has 4 heteroatoms. The van der Waals surface area contributed by atoms with E-state index in [9.17, 15) is 9.18 Å². The fourth-order valence-electron chi connectivity index (χ4n) is 1.15. The summed E-state index contributed by atoms with van der Waals surface area (Å²) in [6.07, 6.45) is -2.05. The van der Waals surface area contributed by atoms with Crippen LogP contribution in [0.2, 0.25) is 0 Å². The van der Waals surface area contributed by atoms with E-state index in [1.807, 2.05) is 0 Å². The summed E-state index contributed by atoms with van der Waals surface area (Å²) in [5, 5.41) is 8.39. The maximum Gasteiger partial charge on any atom is 0.338 e. The summed E-state index contributed by atoms with van der Waals surface area (Å²) in [5.41, 5.74) is 0.560. The summed E-state index contributed by atoms with van der Waals surface area (Å²) in [4.78, 5) is 10.3. The van der Waals surface area contributed by atoms with Gasteiger partial charge in [-0.3, -0.25) is 0 Å². The minimum Gasteiger partial charge on any atom is -0.496 e. The molecule has 76 valence electrons. The van der Waals surface area contributed by atoms with E-state index >= 15 is 0 Å². The lowest BCUT2D eigenvalue weighted by Gasteiger charge is -2.08. The zero-order valence-electron chi connectivity index (χ0n) is 7.74. The number of benzene rings is 1. The van der Waals surface area contributed by atoms with Crippen LogP contribution in [0.4, 0.5) is 4.39 Å². The molecule has 0 saturated carbocycles. The molecule has 0 aliphatic rings. The SMILES string of the molecule is COc1ccccc1CC(F)C(=O)O. The second-order valence-electron chi connectivity index (χ2n) is 2.82. The van der Waals surface area contributed by atoms with Gasteiger partial charge in [-0.2, -0.15) is 0 Å². The molecule has 0 aliphatic heterocycles. The summed E-state index contributed by atoms with van der Waals surface area (Å²) in [6.45, 7) is 0. The second-order valence-corrected chi connectivity index (χ2v) is 2.82. The molecule has 0 amide bonds. The van der Waals surface area contributed by atoms with Crippen molar-refractivity contribution in [1.29, 1.82) is 0 Å². The molecular formula is C10H11FO3. The molecule has 0 aliphatic carbocycles. The van der Waals surface area contributed by atoms with Gasteiger partial charge in [0.05, 0.1) is 7.11 Å². The summed E-state index contributed by atoms with van der Waals surface area (Å²) < 4.78 is 17.8. The molecule has 0 bridgehead atoms. The molecule has 1 N–H and O–H groups in total. The normalized spacial score (nSPS) is 12.1. The van der Waals surface area contributed by atoms with E-state index in [1.54, 1.807) is 24.3 Å². The molecular weight excluding hydrogens is 187 g/mol. The van der Waals surface area contributed by atoms with E-state index in [1.165, 1.54) is 7.11 Å². The van der Waals surface area contributed by atoms with Crippen molar-refractivity contribution >= 4 is 5.97 Å². The van der Waals surface area contributed by atoms with Gasteiger partial charge in [0, 0.05) is 6.42 Å². The van der Waals surface area contributed by atoms with Gasteiger partial charge < -0.3 is 9.84 Å². The molecule has 0 spiro atoms. The van der Waals surface area contributed by atoms with Crippen LogP contribution < -0.4 is 4.74 Å². The highest BCUT2D eigenvalue weighted by Crippen LogP contribution is 2.19. The molecule has 1 aromatic carbocycles. The van der Waals surface area contributed by atoms with Gasteiger partial charge >= 0.3 is 5.97 Å². The van der Waals surface area contributed by atoms with E-state index in [2.05, 4.69) is 0 Å². The highest BCUT2D eigenvalue weighted by molar-refractivity contribution is 5.72. The number of methoxy groups -OCH3 is 1. The first-order valence-corrected chi connectivity index (χ1v) is 4.14. The lowest BCUT2D eigenvalue weighted by atomic mass is 10.1. The van der Waals surface area contributed by atoms with Gasteiger partial charge in [0.2, 0.25) is 6.17 Å². The molecule has 1 rings (SSSR count). The minimum atomic E-state index is -1.88. The Morgan fingerprint density at radius 3 is 2.79 bits per heavy atom. The van der Waals surface area contributed by atoms with Crippen molar-refractivity contribution in [3.8, 4) is 5.75 Å². The topological polar surface area (TPSA) is 46.5 Å². The van der Waals surface area contributed by atoms with Crippen molar-refractivity contribution < 1.29 is 19.0 Å². The number of rotatable bonds is 4. The number of carboxylic acids is 1. The second kappa shape index (κ2) is 4.60. The van der Waals surface area contributed by atoms with Gasteiger partial charge in [-0.1, -0.05) is 18.2 Å². The van der Waals surface area contributed by atoms with Crippen molar-refractivity contribution in [2.45, 2.75) is 12.6 Å². The largest absolute Gasteiger partial charge is 0.496 e. The number of aliphatic carboxylic acids is 1. The Balaban J connectivity index is 2.80. The van der Waals surface area contributed by atoms with Gasteiger partial charge in [0.25, 0.3) is 0 Å². The molecule has 1 aromatic rings. The third-order valence-electron chi connectivity index (χ3n) is 1.86. The van der Waals surface area contributed by atoms with Gasteiger partial charge in [0.1, 0.15) is 5.75 Å². The zero-order valence-corrected chi connectivity index (χ0v) is 7.74. The van der Waals surface area contributed by atoms with Crippen molar-refractivity contribution in [3.05, 3.63) is 29.8 Å². The van der Waals surface area contributed by atoms with Crippen LogP contribution in [-0.2, 0) is 11.2 Å². The van der Waals surface area contributed by atoms with Crippen molar-refractivity contribution in [2.75, 3.05) is 7.11 Å².